The lowest BCUT2D eigenvalue weighted by atomic mass is 9.96. The molecule has 1 aromatic rings. The normalized spacial score (nSPS) is 16.7. The molecule has 1 fully saturated rings. The summed E-state index contributed by atoms with van der Waals surface area (Å²) in [6.07, 6.45) is 4.50. The van der Waals surface area contributed by atoms with Crippen LogP contribution in [-0.4, -0.2) is 48.9 Å². The first-order valence-corrected chi connectivity index (χ1v) is 11.4. The molecule has 7 heteroatoms. The third-order valence-corrected chi connectivity index (χ3v) is 7.36. The van der Waals surface area contributed by atoms with Crippen LogP contribution in [0.5, 0.6) is 0 Å². The number of sulfonamides is 1. The number of unbranched alkanes of at least 4 members (excludes halogenated alkanes) is 1. The van der Waals surface area contributed by atoms with Crippen molar-refractivity contribution in [2.24, 2.45) is 5.92 Å². The van der Waals surface area contributed by atoms with Crippen LogP contribution < -0.4 is 0 Å². The van der Waals surface area contributed by atoms with Crippen molar-refractivity contribution >= 4 is 27.3 Å². The van der Waals surface area contributed by atoms with Gasteiger partial charge in [0, 0.05) is 30.4 Å². The molecule has 2 rings (SSSR count). The zero-order valence-electron chi connectivity index (χ0n) is 14.9. The van der Waals surface area contributed by atoms with Crippen LogP contribution in [0.2, 0.25) is 0 Å². The number of rotatable bonds is 9. The molecule has 1 aliphatic heterocycles. The van der Waals surface area contributed by atoms with E-state index < -0.39 is 10.0 Å². The number of thiophene rings is 1. The Balaban J connectivity index is 1.93. The predicted molar refractivity (Wildman–Crippen MR) is 103 cm³/mol. The van der Waals surface area contributed by atoms with Crippen molar-refractivity contribution in [2.75, 3.05) is 25.4 Å². The van der Waals surface area contributed by atoms with E-state index in [4.69, 9.17) is 0 Å². The van der Waals surface area contributed by atoms with E-state index in [1.807, 2.05) is 29.3 Å². The van der Waals surface area contributed by atoms with Gasteiger partial charge in [0.1, 0.15) is 0 Å². The lowest BCUT2D eigenvalue weighted by Gasteiger charge is -2.33. The zero-order chi connectivity index (χ0) is 18.3. The molecule has 0 aliphatic carbocycles. The van der Waals surface area contributed by atoms with Gasteiger partial charge in [-0.25, -0.2) is 12.7 Å². The molecule has 1 amide bonds. The van der Waals surface area contributed by atoms with Crippen LogP contribution in [0.15, 0.2) is 30.2 Å². The zero-order valence-corrected chi connectivity index (χ0v) is 16.5. The summed E-state index contributed by atoms with van der Waals surface area (Å²) in [5, 5.41) is 2.01. The number of hydrogen-bond donors (Lipinski definition) is 0. The molecule has 5 nitrogen and oxygen atoms in total. The van der Waals surface area contributed by atoms with Crippen molar-refractivity contribution in [2.45, 2.75) is 39.2 Å². The molecule has 0 unspecified atom stereocenters. The summed E-state index contributed by atoms with van der Waals surface area (Å²) in [6, 6.07) is 4.01. The third kappa shape index (κ3) is 5.66. The second kappa shape index (κ2) is 9.50. The van der Waals surface area contributed by atoms with E-state index in [9.17, 15) is 13.2 Å². The highest BCUT2D eigenvalue weighted by Gasteiger charge is 2.32. The molecule has 0 spiro atoms. The number of nitrogens with zero attached hydrogens (tertiary/aromatic N) is 2. The molecular formula is C18H28N2O3S2. The third-order valence-electron chi connectivity index (χ3n) is 4.54. The van der Waals surface area contributed by atoms with Gasteiger partial charge in [-0.05, 0) is 30.7 Å². The number of carbonyl (C=O) groups excluding carboxylic acids is 1. The smallest absolute Gasteiger partial charge is 0.226 e. The SMILES string of the molecule is C=CCN(Cc1cccs1)C(=O)C1CCN(S(=O)(=O)CCCC)CC1. The molecular weight excluding hydrogens is 356 g/mol. The summed E-state index contributed by atoms with van der Waals surface area (Å²) in [4.78, 5) is 15.8. The summed E-state index contributed by atoms with van der Waals surface area (Å²) < 4.78 is 26.1. The van der Waals surface area contributed by atoms with Gasteiger partial charge in [0.05, 0.1) is 12.3 Å². The second-order valence-electron chi connectivity index (χ2n) is 6.43. The molecule has 0 radical (unpaired) electrons. The average molecular weight is 385 g/mol. The van der Waals surface area contributed by atoms with Crippen molar-refractivity contribution in [3.63, 3.8) is 0 Å². The van der Waals surface area contributed by atoms with E-state index in [0.717, 1.165) is 11.3 Å². The first-order chi connectivity index (χ1) is 12.0. The van der Waals surface area contributed by atoms with E-state index >= 15 is 0 Å². The summed E-state index contributed by atoms with van der Waals surface area (Å²) in [5.74, 6) is 0.222. The molecule has 0 aromatic carbocycles. The van der Waals surface area contributed by atoms with Crippen LogP contribution in [0.1, 0.15) is 37.5 Å². The van der Waals surface area contributed by atoms with Crippen molar-refractivity contribution in [1.29, 1.82) is 0 Å². The maximum absolute atomic E-state index is 12.9. The average Bonchev–Trinajstić information content (AvgIpc) is 3.12. The Morgan fingerprint density at radius 3 is 2.72 bits per heavy atom. The van der Waals surface area contributed by atoms with Crippen molar-refractivity contribution < 1.29 is 13.2 Å². The lowest BCUT2D eigenvalue weighted by Crippen LogP contribution is -2.44. The van der Waals surface area contributed by atoms with Gasteiger partial charge in [-0.1, -0.05) is 25.5 Å². The minimum Gasteiger partial charge on any atom is -0.334 e. The molecule has 0 saturated carbocycles. The van der Waals surface area contributed by atoms with Gasteiger partial charge >= 0.3 is 0 Å². The van der Waals surface area contributed by atoms with Crippen LogP contribution in [0, 0.1) is 5.92 Å². The van der Waals surface area contributed by atoms with Crippen LogP contribution in [0.25, 0.3) is 0 Å². The summed E-state index contributed by atoms with van der Waals surface area (Å²) in [5.41, 5.74) is 0. The molecule has 2 heterocycles. The lowest BCUT2D eigenvalue weighted by molar-refractivity contribution is -0.136. The van der Waals surface area contributed by atoms with Gasteiger partial charge in [0.2, 0.25) is 15.9 Å². The Bertz CT molecular complexity index is 648. The molecule has 0 N–H and O–H groups in total. The van der Waals surface area contributed by atoms with Crippen molar-refractivity contribution in [1.82, 2.24) is 9.21 Å². The van der Waals surface area contributed by atoms with Gasteiger partial charge in [-0.2, -0.15) is 0 Å². The minimum atomic E-state index is -3.17. The molecule has 0 atom stereocenters. The molecule has 1 aromatic heterocycles. The maximum Gasteiger partial charge on any atom is 0.226 e. The Hall–Kier alpha value is -1.18. The molecule has 0 bridgehead atoms. The van der Waals surface area contributed by atoms with Gasteiger partial charge < -0.3 is 4.90 Å². The van der Waals surface area contributed by atoms with Crippen LogP contribution >= 0.6 is 11.3 Å². The van der Waals surface area contributed by atoms with Crippen LogP contribution in [0.3, 0.4) is 0 Å². The van der Waals surface area contributed by atoms with E-state index in [-0.39, 0.29) is 17.6 Å². The highest BCUT2D eigenvalue weighted by Crippen LogP contribution is 2.24. The van der Waals surface area contributed by atoms with Crippen molar-refractivity contribution in [3.8, 4) is 0 Å². The first-order valence-electron chi connectivity index (χ1n) is 8.87. The molecule has 25 heavy (non-hydrogen) atoms. The minimum absolute atomic E-state index is 0.0995. The highest BCUT2D eigenvalue weighted by molar-refractivity contribution is 7.89. The maximum atomic E-state index is 12.9. The van der Waals surface area contributed by atoms with Crippen LogP contribution in [-0.2, 0) is 21.4 Å². The summed E-state index contributed by atoms with van der Waals surface area (Å²) >= 11 is 1.64. The number of hydrogen-bond acceptors (Lipinski definition) is 4. The first kappa shape index (κ1) is 20.1. The molecule has 1 saturated heterocycles. The highest BCUT2D eigenvalue weighted by atomic mass is 32.2. The Morgan fingerprint density at radius 1 is 1.44 bits per heavy atom. The van der Waals surface area contributed by atoms with E-state index in [2.05, 4.69) is 6.58 Å². The number of piperidine rings is 1. The Morgan fingerprint density at radius 2 is 2.16 bits per heavy atom. The van der Waals surface area contributed by atoms with Gasteiger partial charge in [0.25, 0.3) is 0 Å². The van der Waals surface area contributed by atoms with Gasteiger partial charge in [-0.3, -0.25) is 4.79 Å². The van der Waals surface area contributed by atoms with Crippen LogP contribution in [0.4, 0.5) is 0 Å². The fraction of sp³-hybridized carbons (Fsp3) is 0.611. The summed E-state index contributed by atoms with van der Waals surface area (Å²) in [7, 11) is -3.17. The van der Waals surface area contributed by atoms with Gasteiger partial charge in [0.15, 0.2) is 0 Å². The van der Waals surface area contributed by atoms with E-state index in [0.29, 0.717) is 45.4 Å². The standard InChI is InChI=1S/C18H28N2O3S2/c1-3-5-14-25(22,23)20-11-8-16(9-12-20)18(21)19(10-4-2)15-17-7-6-13-24-17/h4,6-7,13,16H,2-3,5,8-12,14-15H2,1H3. The molecule has 140 valence electrons. The van der Waals surface area contributed by atoms with Gasteiger partial charge in [-0.15, -0.1) is 17.9 Å². The Kier molecular flexibility index (Phi) is 7.65. The monoisotopic (exact) mass is 384 g/mol. The second-order valence-corrected chi connectivity index (χ2v) is 9.55. The van der Waals surface area contributed by atoms with Crippen molar-refractivity contribution in [3.05, 3.63) is 35.0 Å². The van der Waals surface area contributed by atoms with E-state index in [1.54, 1.807) is 21.7 Å². The van der Waals surface area contributed by atoms with E-state index in [1.165, 1.54) is 0 Å². The topological polar surface area (TPSA) is 57.7 Å². The fourth-order valence-electron chi connectivity index (χ4n) is 3.07. The Labute approximate surface area is 155 Å². The number of amides is 1. The quantitative estimate of drug-likeness (QED) is 0.615. The molecule has 1 aliphatic rings. The largest absolute Gasteiger partial charge is 0.334 e. The summed E-state index contributed by atoms with van der Waals surface area (Å²) in [6.45, 7) is 7.75. The predicted octanol–water partition coefficient (Wildman–Crippen LogP) is 3.10. The fourth-order valence-corrected chi connectivity index (χ4v) is 5.47. The number of carbonyl (C=O) groups is 1.